The lowest BCUT2D eigenvalue weighted by Gasteiger charge is -2.14. The number of sulfonamides is 1. The van der Waals surface area contributed by atoms with Gasteiger partial charge in [0.1, 0.15) is 4.21 Å². The van der Waals surface area contributed by atoms with Crippen LogP contribution in [0.15, 0.2) is 16.3 Å². The first kappa shape index (κ1) is 15.6. The summed E-state index contributed by atoms with van der Waals surface area (Å²) in [5.74, 6) is 0.569. The molecule has 1 aromatic heterocycles. The standard InChI is InChI=1S/C12H21NO3S2/c1-9(2)4-5-10(3)13-18(15,16)12-7-6-11(8-14)17-12/h6-7,9-10,13-14H,4-5,8H2,1-3H3. The van der Waals surface area contributed by atoms with Crippen molar-refractivity contribution in [3.63, 3.8) is 0 Å². The predicted octanol–water partition coefficient (Wildman–Crippen LogP) is 2.34. The van der Waals surface area contributed by atoms with E-state index in [4.69, 9.17) is 5.11 Å². The Kier molecular flexibility index (Phi) is 5.78. The zero-order valence-electron chi connectivity index (χ0n) is 11.0. The maximum absolute atomic E-state index is 12.0. The fourth-order valence-corrected chi connectivity index (χ4v) is 4.06. The van der Waals surface area contributed by atoms with Crippen molar-refractivity contribution in [2.75, 3.05) is 0 Å². The van der Waals surface area contributed by atoms with E-state index in [9.17, 15) is 8.42 Å². The number of nitrogens with one attached hydrogen (secondary N) is 1. The zero-order chi connectivity index (χ0) is 13.8. The summed E-state index contributed by atoms with van der Waals surface area (Å²) in [7, 11) is -3.44. The van der Waals surface area contributed by atoms with Crippen LogP contribution in [0.25, 0.3) is 0 Å². The van der Waals surface area contributed by atoms with Crippen molar-refractivity contribution in [1.29, 1.82) is 0 Å². The highest BCUT2D eigenvalue weighted by Gasteiger charge is 2.19. The van der Waals surface area contributed by atoms with Crippen LogP contribution in [0.2, 0.25) is 0 Å². The number of hydrogen-bond acceptors (Lipinski definition) is 4. The number of aliphatic hydroxyl groups excluding tert-OH is 1. The van der Waals surface area contributed by atoms with Crippen LogP contribution in [-0.2, 0) is 16.6 Å². The Labute approximate surface area is 113 Å². The highest BCUT2D eigenvalue weighted by Crippen LogP contribution is 2.22. The van der Waals surface area contributed by atoms with E-state index in [0.29, 0.717) is 10.8 Å². The SMILES string of the molecule is CC(C)CCC(C)NS(=O)(=O)c1ccc(CO)s1. The monoisotopic (exact) mass is 291 g/mol. The Balaban J connectivity index is 2.64. The molecule has 0 spiro atoms. The van der Waals surface area contributed by atoms with E-state index in [1.165, 1.54) is 6.07 Å². The summed E-state index contributed by atoms with van der Waals surface area (Å²) >= 11 is 1.11. The van der Waals surface area contributed by atoms with Crippen molar-refractivity contribution >= 4 is 21.4 Å². The van der Waals surface area contributed by atoms with E-state index in [1.54, 1.807) is 6.07 Å². The average Bonchev–Trinajstić information content (AvgIpc) is 2.75. The molecule has 18 heavy (non-hydrogen) atoms. The van der Waals surface area contributed by atoms with Crippen LogP contribution >= 0.6 is 11.3 Å². The summed E-state index contributed by atoms with van der Waals surface area (Å²) in [6.45, 7) is 5.99. The molecule has 0 saturated heterocycles. The highest BCUT2D eigenvalue weighted by atomic mass is 32.2. The van der Waals surface area contributed by atoms with Gasteiger partial charge in [-0.25, -0.2) is 13.1 Å². The molecule has 104 valence electrons. The smallest absolute Gasteiger partial charge is 0.250 e. The molecule has 4 nitrogen and oxygen atoms in total. The minimum Gasteiger partial charge on any atom is -0.391 e. The summed E-state index contributed by atoms with van der Waals surface area (Å²) < 4.78 is 27.0. The van der Waals surface area contributed by atoms with E-state index in [-0.39, 0.29) is 16.9 Å². The molecule has 1 heterocycles. The highest BCUT2D eigenvalue weighted by molar-refractivity contribution is 7.91. The van der Waals surface area contributed by atoms with Gasteiger partial charge in [-0.3, -0.25) is 0 Å². The van der Waals surface area contributed by atoms with Crippen molar-refractivity contribution in [1.82, 2.24) is 4.72 Å². The molecule has 6 heteroatoms. The number of thiophene rings is 1. The van der Waals surface area contributed by atoms with Crippen molar-refractivity contribution < 1.29 is 13.5 Å². The Morgan fingerprint density at radius 3 is 2.44 bits per heavy atom. The quantitative estimate of drug-likeness (QED) is 0.810. The van der Waals surface area contributed by atoms with Gasteiger partial charge in [0.05, 0.1) is 6.61 Å². The first-order chi connectivity index (χ1) is 8.35. The van der Waals surface area contributed by atoms with Crippen molar-refractivity contribution in [3.8, 4) is 0 Å². The third-order valence-corrected chi connectivity index (χ3v) is 5.74. The molecule has 1 atom stereocenters. The van der Waals surface area contributed by atoms with Gasteiger partial charge in [0.15, 0.2) is 0 Å². The van der Waals surface area contributed by atoms with Gasteiger partial charge >= 0.3 is 0 Å². The molecule has 0 bridgehead atoms. The van der Waals surface area contributed by atoms with E-state index in [0.717, 1.165) is 24.2 Å². The maximum atomic E-state index is 12.0. The molecule has 2 N–H and O–H groups in total. The van der Waals surface area contributed by atoms with Gasteiger partial charge in [0.25, 0.3) is 0 Å². The van der Waals surface area contributed by atoms with Crippen LogP contribution in [0, 0.1) is 5.92 Å². The summed E-state index contributed by atoms with van der Waals surface area (Å²) in [5.41, 5.74) is 0. The van der Waals surface area contributed by atoms with Gasteiger partial charge < -0.3 is 5.11 Å². The Morgan fingerprint density at radius 2 is 1.94 bits per heavy atom. The molecule has 1 unspecified atom stereocenters. The molecule has 0 aliphatic rings. The van der Waals surface area contributed by atoms with E-state index in [2.05, 4.69) is 18.6 Å². The summed E-state index contributed by atoms with van der Waals surface area (Å²) in [4.78, 5) is 0.658. The third kappa shape index (κ3) is 4.68. The van der Waals surface area contributed by atoms with Crippen LogP contribution in [0.5, 0.6) is 0 Å². The average molecular weight is 291 g/mol. The first-order valence-corrected chi connectivity index (χ1v) is 8.37. The Morgan fingerprint density at radius 1 is 1.28 bits per heavy atom. The minimum absolute atomic E-state index is 0.0722. The largest absolute Gasteiger partial charge is 0.391 e. The molecule has 0 aliphatic heterocycles. The van der Waals surface area contributed by atoms with Gasteiger partial charge in [-0.1, -0.05) is 13.8 Å². The number of rotatable bonds is 7. The van der Waals surface area contributed by atoms with Crippen LogP contribution in [-0.4, -0.2) is 19.6 Å². The van der Waals surface area contributed by atoms with Gasteiger partial charge in [-0.05, 0) is 37.8 Å². The van der Waals surface area contributed by atoms with Crippen LogP contribution < -0.4 is 4.72 Å². The molecule has 0 aliphatic carbocycles. The molecule has 1 aromatic rings. The minimum atomic E-state index is -3.44. The van der Waals surface area contributed by atoms with Gasteiger partial charge in [0, 0.05) is 10.9 Å². The topological polar surface area (TPSA) is 66.4 Å². The van der Waals surface area contributed by atoms with Gasteiger partial charge in [-0.15, -0.1) is 11.3 Å². The number of aliphatic hydroxyl groups is 1. The summed E-state index contributed by atoms with van der Waals surface area (Å²) in [6.07, 6.45) is 1.82. The molecular formula is C12H21NO3S2. The first-order valence-electron chi connectivity index (χ1n) is 6.07. The van der Waals surface area contributed by atoms with Crippen molar-refractivity contribution in [2.24, 2.45) is 5.92 Å². The zero-order valence-corrected chi connectivity index (χ0v) is 12.6. The van der Waals surface area contributed by atoms with Crippen LogP contribution in [0.1, 0.15) is 38.5 Å². The lowest BCUT2D eigenvalue weighted by molar-refractivity contribution is 0.285. The van der Waals surface area contributed by atoms with Crippen molar-refractivity contribution in [2.45, 2.75) is 50.5 Å². The van der Waals surface area contributed by atoms with Crippen LogP contribution in [0.4, 0.5) is 0 Å². The van der Waals surface area contributed by atoms with Gasteiger partial charge in [-0.2, -0.15) is 0 Å². The molecule has 0 saturated carbocycles. The van der Waals surface area contributed by atoms with Crippen LogP contribution in [0.3, 0.4) is 0 Å². The normalized spacial score (nSPS) is 14.1. The lowest BCUT2D eigenvalue weighted by Crippen LogP contribution is -2.32. The molecule has 0 aromatic carbocycles. The summed E-state index contributed by atoms with van der Waals surface area (Å²) in [5, 5.41) is 8.94. The lowest BCUT2D eigenvalue weighted by atomic mass is 10.1. The van der Waals surface area contributed by atoms with E-state index in [1.807, 2.05) is 6.92 Å². The molecule has 1 rings (SSSR count). The second kappa shape index (κ2) is 6.65. The number of hydrogen-bond donors (Lipinski definition) is 2. The molecule has 0 fully saturated rings. The maximum Gasteiger partial charge on any atom is 0.250 e. The van der Waals surface area contributed by atoms with E-state index >= 15 is 0 Å². The second-order valence-corrected chi connectivity index (χ2v) is 7.98. The summed E-state index contributed by atoms with van der Waals surface area (Å²) in [6, 6.07) is 3.10. The Hall–Kier alpha value is -0.430. The fraction of sp³-hybridized carbons (Fsp3) is 0.667. The van der Waals surface area contributed by atoms with Gasteiger partial charge in [0.2, 0.25) is 10.0 Å². The molecule has 0 amide bonds. The molecular weight excluding hydrogens is 270 g/mol. The predicted molar refractivity (Wildman–Crippen MR) is 74.1 cm³/mol. The molecule has 0 radical (unpaired) electrons. The van der Waals surface area contributed by atoms with Crippen molar-refractivity contribution in [3.05, 3.63) is 17.0 Å². The van der Waals surface area contributed by atoms with E-state index < -0.39 is 10.0 Å². The Bertz CT molecular complexity index is 465. The fourth-order valence-electron chi connectivity index (χ4n) is 1.55. The third-order valence-electron chi connectivity index (χ3n) is 2.59. The second-order valence-electron chi connectivity index (χ2n) is 4.87.